The van der Waals surface area contributed by atoms with Crippen LogP contribution in [0.25, 0.3) is 11.3 Å². The van der Waals surface area contributed by atoms with Gasteiger partial charge in [-0.15, -0.1) is 0 Å². The Labute approximate surface area is 134 Å². The van der Waals surface area contributed by atoms with Crippen LogP contribution in [-0.2, 0) is 6.42 Å². The van der Waals surface area contributed by atoms with E-state index in [1.165, 1.54) is 5.56 Å². The van der Waals surface area contributed by atoms with E-state index in [-0.39, 0.29) is 11.8 Å². The van der Waals surface area contributed by atoms with E-state index in [2.05, 4.69) is 39.6 Å². The molecular formula is C19H17N3O. The van der Waals surface area contributed by atoms with Crippen LogP contribution in [0.4, 0.5) is 0 Å². The molecule has 0 bridgehead atoms. The highest BCUT2D eigenvalue weighted by atomic mass is 16.1. The summed E-state index contributed by atoms with van der Waals surface area (Å²) in [5.74, 6) is 0.265. The minimum atomic E-state index is 0.000804. The third-order valence-electron chi connectivity index (χ3n) is 4.33. The molecule has 2 aromatic heterocycles. The predicted octanol–water partition coefficient (Wildman–Crippen LogP) is 3.15. The summed E-state index contributed by atoms with van der Waals surface area (Å²) in [6.45, 7) is 0.664. The van der Waals surface area contributed by atoms with E-state index in [1.807, 2.05) is 24.3 Å². The zero-order chi connectivity index (χ0) is 15.6. The number of H-pyrrole nitrogens is 1. The first-order chi connectivity index (χ1) is 11.3. The van der Waals surface area contributed by atoms with Crippen molar-refractivity contribution in [3.05, 3.63) is 77.7 Å². The van der Waals surface area contributed by atoms with Gasteiger partial charge in [-0.1, -0.05) is 30.3 Å². The SMILES string of the molecule is O=C1NCC(Cc2ccccc2)c2[nH]c(-c3ccncc3)cc21. The topological polar surface area (TPSA) is 57.8 Å². The van der Waals surface area contributed by atoms with Gasteiger partial charge in [-0.25, -0.2) is 0 Å². The number of aromatic amines is 1. The van der Waals surface area contributed by atoms with Crippen molar-refractivity contribution in [1.29, 1.82) is 0 Å². The summed E-state index contributed by atoms with van der Waals surface area (Å²) in [6.07, 6.45) is 4.43. The third-order valence-corrected chi connectivity index (χ3v) is 4.33. The lowest BCUT2D eigenvalue weighted by Crippen LogP contribution is -2.35. The van der Waals surface area contributed by atoms with E-state index >= 15 is 0 Å². The summed E-state index contributed by atoms with van der Waals surface area (Å²) in [7, 11) is 0. The Kier molecular flexibility index (Phi) is 3.42. The molecular weight excluding hydrogens is 286 g/mol. The van der Waals surface area contributed by atoms with Crippen LogP contribution in [0.2, 0.25) is 0 Å². The molecule has 0 saturated carbocycles. The molecule has 1 aromatic carbocycles. The molecule has 4 heteroatoms. The minimum absolute atomic E-state index is 0.000804. The molecule has 0 saturated heterocycles. The molecule has 0 aliphatic carbocycles. The normalized spacial score (nSPS) is 16.7. The molecule has 3 heterocycles. The lowest BCUT2D eigenvalue weighted by molar-refractivity contribution is 0.0940. The lowest BCUT2D eigenvalue weighted by atomic mass is 9.91. The zero-order valence-electron chi connectivity index (χ0n) is 12.6. The molecule has 1 unspecified atom stereocenters. The van der Waals surface area contributed by atoms with Crippen molar-refractivity contribution < 1.29 is 4.79 Å². The standard InChI is InChI=1S/C19H17N3O/c23-19-16-11-17(14-6-8-20-9-7-14)22-18(16)15(12-21-19)10-13-4-2-1-3-5-13/h1-9,11,15,22H,10,12H2,(H,21,23). The number of nitrogens with zero attached hydrogens (tertiary/aromatic N) is 1. The van der Waals surface area contributed by atoms with Gasteiger partial charge in [0.25, 0.3) is 5.91 Å². The second-order valence-electron chi connectivity index (χ2n) is 5.84. The van der Waals surface area contributed by atoms with Gasteiger partial charge in [-0.2, -0.15) is 0 Å². The number of carbonyl (C=O) groups is 1. The molecule has 4 nitrogen and oxygen atoms in total. The van der Waals surface area contributed by atoms with Crippen LogP contribution < -0.4 is 5.32 Å². The Morgan fingerprint density at radius 1 is 1.09 bits per heavy atom. The van der Waals surface area contributed by atoms with Gasteiger partial charge in [0.1, 0.15) is 0 Å². The summed E-state index contributed by atoms with van der Waals surface area (Å²) >= 11 is 0. The van der Waals surface area contributed by atoms with Crippen molar-refractivity contribution in [3.8, 4) is 11.3 Å². The summed E-state index contributed by atoms with van der Waals surface area (Å²) in [4.78, 5) is 19.7. The van der Waals surface area contributed by atoms with Gasteiger partial charge in [-0.05, 0) is 30.2 Å². The van der Waals surface area contributed by atoms with Crippen LogP contribution in [0.5, 0.6) is 0 Å². The third kappa shape index (κ3) is 2.63. The zero-order valence-corrected chi connectivity index (χ0v) is 12.6. The average Bonchev–Trinajstić information content (AvgIpc) is 3.06. The molecule has 0 fully saturated rings. The van der Waals surface area contributed by atoms with Gasteiger partial charge in [0.15, 0.2) is 0 Å². The maximum atomic E-state index is 12.2. The lowest BCUT2D eigenvalue weighted by Gasteiger charge is -2.23. The van der Waals surface area contributed by atoms with Crippen LogP contribution in [0.15, 0.2) is 60.9 Å². The molecule has 1 aliphatic heterocycles. The molecule has 4 rings (SSSR count). The van der Waals surface area contributed by atoms with Crippen molar-refractivity contribution in [2.75, 3.05) is 6.54 Å². The molecule has 1 amide bonds. The van der Waals surface area contributed by atoms with Gasteiger partial charge in [0.2, 0.25) is 0 Å². The first kappa shape index (κ1) is 13.8. The Bertz CT molecular complexity index is 824. The fourth-order valence-corrected chi connectivity index (χ4v) is 3.15. The molecule has 3 aromatic rings. The summed E-state index contributed by atoms with van der Waals surface area (Å²) in [5, 5.41) is 3.00. The monoisotopic (exact) mass is 303 g/mol. The first-order valence-electron chi connectivity index (χ1n) is 7.76. The van der Waals surface area contributed by atoms with Gasteiger partial charge in [-0.3, -0.25) is 9.78 Å². The molecule has 0 radical (unpaired) electrons. The molecule has 2 N–H and O–H groups in total. The average molecular weight is 303 g/mol. The highest BCUT2D eigenvalue weighted by Crippen LogP contribution is 2.30. The maximum Gasteiger partial charge on any atom is 0.253 e. The van der Waals surface area contributed by atoms with E-state index in [1.54, 1.807) is 12.4 Å². The number of carbonyl (C=O) groups excluding carboxylic acids is 1. The van der Waals surface area contributed by atoms with Crippen LogP contribution in [0.3, 0.4) is 0 Å². The molecule has 0 spiro atoms. The smallest absolute Gasteiger partial charge is 0.253 e. The van der Waals surface area contributed by atoms with Gasteiger partial charge < -0.3 is 10.3 Å². The number of aromatic nitrogens is 2. The van der Waals surface area contributed by atoms with Crippen molar-refractivity contribution in [3.63, 3.8) is 0 Å². The van der Waals surface area contributed by atoms with Crippen molar-refractivity contribution in [2.45, 2.75) is 12.3 Å². The second-order valence-corrected chi connectivity index (χ2v) is 5.84. The number of hydrogen-bond acceptors (Lipinski definition) is 2. The number of hydrogen-bond donors (Lipinski definition) is 2. The number of amides is 1. The Morgan fingerprint density at radius 2 is 1.87 bits per heavy atom. The van der Waals surface area contributed by atoms with Gasteiger partial charge in [0, 0.05) is 41.8 Å². The van der Waals surface area contributed by atoms with Gasteiger partial charge >= 0.3 is 0 Å². The molecule has 114 valence electrons. The van der Waals surface area contributed by atoms with E-state index in [4.69, 9.17) is 0 Å². The van der Waals surface area contributed by atoms with Crippen molar-refractivity contribution in [2.24, 2.45) is 0 Å². The Hall–Kier alpha value is -2.88. The highest BCUT2D eigenvalue weighted by Gasteiger charge is 2.28. The highest BCUT2D eigenvalue weighted by molar-refractivity contribution is 5.98. The quantitative estimate of drug-likeness (QED) is 0.781. The fourth-order valence-electron chi connectivity index (χ4n) is 3.15. The van der Waals surface area contributed by atoms with E-state index < -0.39 is 0 Å². The van der Waals surface area contributed by atoms with E-state index in [0.717, 1.165) is 28.9 Å². The van der Waals surface area contributed by atoms with Crippen LogP contribution >= 0.6 is 0 Å². The molecule has 23 heavy (non-hydrogen) atoms. The Morgan fingerprint density at radius 3 is 2.65 bits per heavy atom. The summed E-state index contributed by atoms with van der Waals surface area (Å²) < 4.78 is 0. The Balaban J connectivity index is 1.70. The number of rotatable bonds is 3. The van der Waals surface area contributed by atoms with Crippen molar-refractivity contribution >= 4 is 5.91 Å². The minimum Gasteiger partial charge on any atom is -0.357 e. The number of pyridine rings is 1. The summed E-state index contributed by atoms with van der Waals surface area (Å²) in [5.41, 5.74) is 5.07. The summed E-state index contributed by atoms with van der Waals surface area (Å²) in [6, 6.07) is 16.2. The van der Waals surface area contributed by atoms with Crippen LogP contribution in [-0.4, -0.2) is 22.4 Å². The molecule has 1 aliphatic rings. The molecule has 1 atom stereocenters. The predicted molar refractivity (Wildman–Crippen MR) is 89.2 cm³/mol. The number of nitrogens with one attached hydrogen (secondary N) is 2. The first-order valence-corrected chi connectivity index (χ1v) is 7.76. The number of fused-ring (bicyclic) bond motifs is 1. The van der Waals surface area contributed by atoms with E-state index in [9.17, 15) is 4.79 Å². The fraction of sp³-hybridized carbons (Fsp3) is 0.158. The maximum absolute atomic E-state index is 12.2. The van der Waals surface area contributed by atoms with Crippen molar-refractivity contribution in [1.82, 2.24) is 15.3 Å². The largest absolute Gasteiger partial charge is 0.357 e. The van der Waals surface area contributed by atoms with E-state index in [0.29, 0.717) is 6.54 Å². The van der Waals surface area contributed by atoms with Gasteiger partial charge in [0.05, 0.1) is 5.56 Å². The number of benzene rings is 1. The van der Waals surface area contributed by atoms with Crippen LogP contribution in [0, 0.1) is 0 Å². The van der Waals surface area contributed by atoms with Crippen LogP contribution in [0.1, 0.15) is 27.5 Å². The second kappa shape index (κ2) is 5.72.